The zero-order valence-electron chi connectivity index (χ0n) is 16.5. The van der Waals surface area contributed by atoms with E-state index < -0.39 is 0 Å². The molecule has 6 heteroatoms. The van der Waals surface area contributed by atoms with Crippen LogP contribution >= 0.6 is 11.6 Å². The molecule has 0 aliphatic rings. The van der Waals surface area contributed by atoms with Gasteiger partial charge in [0.25, 0.3) is 5.91 Å². The highest BCUT2D eigenvalue weighted by atomic mass is 35.5. The van der Waals surface area contributed by atoms with E-state index >= 15 is 0 Å². The topological polar surface area (TPSA) is 46.6 Å². The van der Waals surface area contributed by atoms with E-state index in [1.54, 1.807) is 65.6 Å². The Labute approximate surface area is 179 Å². The molecule has 30 heavy (non-hydrogen) atoms. The first kappa shape index (κ1) is 21.5. The first-order chi connectivity index (χ1) is 14.5. The first-order valence-electron chi connectivity index (χ1n) is 9.51. The minimum Gasteiger partial charge on any atom is -0.484 e. The van der Waals surface area contributed by atoms with Gasteiger partial charge in [-0.25, -0.2) is 4.39 Å². The Hall–Kier alpha value is -3.18. The van der Waals surface area contributed by atoms with Crippen molar-refractivity contribution in [2.24, 2.45) is 0 Å². The summed E-state index contributed by atoms with van der Waals surface area (Å²) in [5, 5.41) is 0.568. The van der Waals surface area contributed by atoms with Crippen LogP contribution in [0.2, 0.25) is 5.02 Å². The van der Waals surface area contributed by atoms with Crippen LogP contribution in [0.3, 0.4) is 0 Å². The van der Waals surface area contributed by atoms with E-state index in [1.165, 1.54) is 12.1 Å². The Morgan fingerprint density at radius 3 is 2.20 bits per heavy atom. The van der Waals surface area contributed by atoms with Gasteiger partial charge in [-0.1, -0.05) is 23.7 Å². The summed E-state index contributed by atoms with van der Waals surface area (Å²) < 4.78 is 18.9. The second-order valence-electron chi connectivity index (χ2n) is 6.69. The Kier molecular flexibility index (Phi) is 7.20. The molecule has 3 rings (SSSR count). The van der Waals surface area contributed by atoms with Gasteiger partial charge >= 0.3 is 0 Å². The van der Waals surface area contributed by atoms with Crippen molar-refractivity contribution in [2.45, 2.75) is 13.5 Å². The molecule has 0 bridgehead atoms. The fourth-order valence-electron chi connectivity index (χ4n) is 2.94. The van der Waals surface area contributed by atoms with Gasteiger partial charge in [0.2, 0.25) is 0 Å². The number of hydrogen-bond acceptors (Lipinski definition) is 3. The van der Waals surface area contributed by atoms with Crippen molar-refractivity contribution in [2.75, 3.05) is 13.2 Å². The summed E-state index contributed by atoms with van der Waals surface area (Å²) in [5.74, 6) is -0.178. The average molecular weight is 426 g/mol. The van der Waals surface area contributed by atoms with Crippen LogP contribution in [-0.4, -0.2) is 29.7 Å². The van der Waals surface area contributed by atoms with E-state index in [0.29, 0.717) is 35.0 Å². The smallest absolute Gasteiger partial charge is 0.260 e. The summed E-state index contributed by atoms with van der Waals surface area (Å²) in [4.78, 5) is 26.5. The largest absolute Gasteiger partial charge is 0.484 e. The van der Waals surface area contributed by atoms with Crippen molar-refractivity contribution in [1.82, 2.24) is 4.90 Å². The van der Waals surface area contributed by atoms with Gasteiger partial charge in [-0.05, 0) is 73.2 Å². The maximum absolute atomic E-state index is 13.3. The second kappa shape index (κ2) is 10.0. The molecule has 0 spiro atoms. The first-order valence-corrected chi connectivity index (χ1v) is 9.89. The molecular formula is C24H21ClFNO3. The fourth-order valence-corrected chi connectivity index (χ4v) is 3.06. The quantitative estimate of drug-likeness (QED) is 0.469. The lowest BCUT2D eigenvalue weighted by atomic mass is 10.0. The van der Waals surface area contributed by atoms with E-state index in [0.717, 1.165) is 5.56 Å². The van der Waals surface area contributed by atoms with Crippen molar-refractivity contribution >= 4 is 23.3 Å². The molecule has 0 saturated carbocycles. The summed E-state index contributed by atoms with van der Waals surface area (Å²) in [5.41, 5.74) is 1.77. The zero-order valence-corrected chi connectivity index (χ0v) is 17.2. The summed E-state index contributed by atoms with van der Waals surface area (Å²) in [7, 11) is 0. The molecule has 154 valence electrons. The summed E-state index contributed by atoms with van der Waals surface area (Å²) >= 11 is 5.85. The Bertz CT molecular complexity index is 1020. The van der Waals surface area contributed by atoms with Gasteiger partial charge < -0.3 is 9.64 Å². The van der Waals surface area contributed by atoms with Gasteiger partial charge in [-0.2, -0.15) is 0 Å². The molecule has 0 atom stereocenters. The van der Waals surface area contributed by atoms with E-state index in [4.69, 9.17) is 16.3 Å². The third kappa shape index (κ3) is 5.67. The minimum absolute atomic E-state index is 0.124. The number of carbonyl (C=O) groups is 2. The van der Waals surface area contributed by atoms with E-state index in [-0.39, 0.29) is 24.1 Å². The molecule has 0 saturated heterocycles. The van der Waals surface area contributed by atoms with Crippen LogP contribution < -0.4 is 4.74 Å². The van der Waals surface area contributed by atoms with Gasteiger partial charge in [0.15, 0.2) is 12.4 Å². The van der Waals surface area contributed by atoms with Crippen LogP contribution in [0.4, 0.5) is 4.39 Å². The Morgan fingerprint density at radius 1 is 0.967 bits per heavy atom. The van der Waals surface area contributed by atoms with E-state index in [2.05, 4.69) is 0 Å². The number of carbonyl (C=O) groups excluding carboxylic acids is 2. The standard InChI is InChI=1S/C24H21ClFNO3/c1-2-27(15-17-4-3-5-21(26)14-17)23(28)16-30-22-12-8-19(9-13-22)24(29)18-6-10-20(25)11-7-18/h3-14H,2,15-16H2,1H3. The zero-order chi connectivity index (χ0) is 21.5. The lowest BCUT2D eigenvalue weighted by Crippen LogP contribution is -2.34. The molecule has 0 radical (unpaired) electrons. The third-order valence-corrected chi connectivity index (χ3v) is 4.83. The summed E-state index contributed by atoms with van der Waals surface area (Å²) in [6.07, 6.45) is 0. The van der Waals surface area contributed by atoms with Crippen LogP contribution in [-0.2, 0) is 11.3 Å². The van der Waals surface area contributed by atoms with Gasteiger partial charge in [0, 0.05) is 29.2 Å². The monoisotopic (exact) mass is 425 g/mol. The lowest BCUT2D eigenvalue weighted by molar-refractivity contribution is -0.133. The molecule has 0 aromatic heterocycles. The molecule has 0 aliphatic carbocycles. The van der Waals surface area contributed by atoms with Gasteiger partial charge in [0.05, 0.1) is 0 Å². The number of ketones is 1. The van der Waals surface area contributed by atoms with Crippen LogP contribution in [0, 0.1) is 5.82 Å². The Balaban J connectivity index is 1.57. The average Bonchev–Trinajstić information content (AvgIpc) is 2.76. The number of nitrogens with zero attached hydrogens (tertiary/aromatic N) is 1. The van der Waals surface area contributed by atoms with Crippen molar-refractivity contribution in [3.05, 3.63) is 100 Å². The SMILES string of the molecule is CCN(Cc1cccc(F)c1)C(=O)COc1ccc(C(=O)c2ccc(Cl)cc2)cc1. The molecule has 0 fully saturated rings. The Morgan fingerprint density at radius 2 is 1.60 bits per heavy atom. The van der Waals surface area contributed by atoms with Crippen molar-refractivity contribution < 1.29 is 18.7 Å². The second-order valence-corrected chi connectivity index (χ2v) is 7.12. The minimum atomic E-state index is -0.333. The molecule has 4 nitrogen and oxygen atoms in total. The molecule has 3 aromatic carbocycles. The highest BCUT2D eigenvalue weighted by Gasteiger charge is 2.14. The molecule has 3 aromatic rings. The number of benzene rings is 3. The number of ether oxygens (including phenoxy) is 1. The molecule has 0 aliphatic heterocycles. The summed E-state index contributed by atoms with van der Waals surface area (Å²) in [6.45, 7) is 2.50. The highest BCUT2D eigenvalue weighted by molar-refractivity contribution is 6.30. The molecular weight excluding hydrogens is 405 g/mol. The van der Waals surface area contributed by atoms with Crippen LogP contribution in [0.5, 0.6) is 5.75 Å². The number of amides is 1. The van der Waals surface area contributed by atoms with Gasteiger partial charge in [-0.3, -0.25) is 9.59 Å². The molecule has 0 heterocycles. The van der Waals surface area contributed by atoms with Gasteiger partial charge in [-0.15, -0.1) is 0 Å². The van der Waals surface area contributed by atoms with Crippen molar-refractivity contribution in [3.8, 4) is 5.75 Å². The van der Waals surface area contributed by atoms with Gasteiger partial charge in [0.1, 0.15) is 11.6 Å². The molecule has 0 unspecified atom stereocenters. The number of halogens is 2. The number of rotatable bonds is 8. The van der Waals surface area contributed by atoms with Crippen molar-refractivity contribution in [3.63, 3.8) is 0 Å². The fraction of sp³-hybridized carbons (Fsp3) is 0.167. The van der Waals surface area contributed by atoms with Crippen LogP contribution in [0.1, 0.15) is 28.4 Å². The molecule has 0 N–H and O–H groups in total. The number of likely N-dealkylation sites (N-methyl/N-ethyl adjacent to an activating group) is 1. The maximum Gasteiger partial charge on any atom is 0.260 e. The molecule has 1 amide bonds. The number of hydrogen-bond donors (Lipinski definition) is 0. The predicted molar refractivity (Wildman–Crippen MR) is 114 cm³/mol. The van der Waals surface area contributed by atoms with Crippen LogP contribution in [0.15, 0.2) is 72.8 Å². The van der Waals surface area contributed by atoms with Crippen molar-refractivity contribution in [1.29, 1.82) is 0 Å². The van der Waals surface area contributed by atoms with Crippen LogP contribution in [0.25, 0.3) is 0 Å². The predicted octanol–water partition coefficient (Wildman–Crippen LogP) is 5.14. The van der Waals surface area contributed by atoms with E-state index in [1.807, 2.05) is 6.92 Å². The third-order valence-electron chi connectivity index (χ3n) is 4.58. The normalized spacial score (nSPS) is 10.5. The highest BCUT2D eigenvalue weighted by Crippen LogP contribution is 2.17. The maximum atomic E-state index is 13.3. The summed E-state index contributed by atoms with van der Waals surface area (Å²) in [6, 6.07) is 19.5. The van der Waals surface area contributed by atoms with E-state index in [9.17, 15) is 14.0 Å². The lowest BCUT2D eigenvalue weighted by Gasteiger charge is -2.21.